The first kappa shape index (κ1) is 19.8. The summed E-state index contributed by atoms with van der Waals surface area (Å²) in [4.78, 5) is 16.7. The molecule has 0 saturated heterocycles. The number of fused-ring (bicyclic) bond motifs is 1. The number of amides is 1. The number of carbonyl (C=O) groups excluding carboxylic acids is 1. The second-order valence-corrected chi connectivity index (χ2v) is 10.2. The summed E-state index contributed by atoms with van der Waals surface area (Å²) in [5, 5.41) is 6.53. The third-order valence-corrected chi connectivity index (χ3v) is 8.05. The van der Waals surface area contributed by atoms with E-state index in [2.05, 4.69) is 10.3 Å². The Morgan fingerprint density at radius 2 is 2.00 bits per heavy atom. The summed E-state index contributed by atoms with van der Waals surface area (Å²) in [6, 6.07) is 8.70. The fourth-order valence-electron chi connectivity index (χ4n) is 2.68. The maximum atomic E-state index is 12.4. The number of nitrogens with one attached hydrogen (secondary N) is 1. The lowest BCUT2D eigenvalue weighted by atomic mass is 10.1. The van der Waals surface area contributed by atoms with Crippen LogP contribution in [0.3, 0.4) is 0 Å². The number of ether oxygens (including phenoxy) is 2. The number of thiazole rings is 1. The number of rotatable bonds is 6. The second kappa shape index (κ2) is 8.11. The smallest absolute Gasteiger partial charge is 0.252 e. The lowest BCUT2D eigenvalue weighted by Gasteiger charge is -2.18. The largest absolute Gasteiger partial charge is 0.486 e. The Morgan fingerprint density at radius 3 is 2.76 bits per heavy atom. The number of benzene rings is 1. The lowest BCUT2D eigenvalue weighted by molar-refractivity contribution is -0.116. The van der Waals surface area contributed by atoms with Gasteiger partial charge in [0, 0.05) is 18.0 Å². The Kier molecular flexibility index (Phi) is 5.54. The normalized spacial score (nSPS) is 13.4. The van der Waals surface area contributed by atoms with Crippen LogP contribution in [-0.2, 0) is 14.8 Å². The van der Waals surface area contributed by atoms with Crippen molar-refractivity contribution in [3.8, 4) is 22.8 Å². The minimum absolute atomic E-state index is 0.197. The fraction of sp³-hybridized carbons (Fsp3) is 0.222. The van der Waals surface area contributed by atoms with Crippen LogP contribution >= 0.6 is 22.7 Å². The molecule has 0 bridgehead atoms. The number of hydrogen-bond acceptors (Lipinski definition) is 8. The van der Waals surface area contributed by atoms with Crippen LogP contribution in [-0.4, -0.2) is 50.4 Å². The molecule has 1 aliphatic heterocycles. The molecule has 152 valence electrons. The average Bonchev–Trinajstić information content (AvgIpc) is 3.40. The number of likely N-dealkylation sites (N-methyl/N-ethyl adjacent to an activating group) is 1. The summed E-state index contributed by atoms with van der Waals surface area (Å²) in [6.07, 6.45) is 0. The van der Waals surface area contributed by atoms with Gasteiger partial charge < -0.3 is 14.8 Å². The van der Waals surface area contributed by atoms with Crippen molar-refractivity contribution in [2.24, 2.45) is 0 Å². The third-order valence-electron chi connectivity index (χ3n) is 4.11. The molecule has 29 heavy (non-hydrogen) atoms. The molecule has 3 aromatic rings. The number of nitrogens with zero attached hydrogens (tertiary/aromatic N) is 2. The summed E-state index contributed by atoms with van der Waals surface area (Å²) < 4.78 is 37.1. The van der Waals surface area contributed by atoms with Crippen LogP contribution in [0.2, 0.25) is 0 Å². The van der Waals surface area contributed by atoms with Crippen molar-refractivity contribution in [2.45, 2.75) is 4.21 Å². The Balaban J connectivity index is 1.42. The van der Waals surface area contributed by atoms with Crippen LogP contribution in [0.5, 0.6) is 11.5 Å². The predicted octanol–water partition coefficient (Wildman–Crippen LogP) is 2.90. The monoisotopic (exact) mass is 451 g/mol. The van der Waals surface area contributed by atoms with Crippen molar-refractivity contribution in [3.63, 3.8) is 0 Å². The van der Waals surface area contributed by atoms with Crippen LogP contribution in [0.4, 0.5) is 5.13 Å². The van der Waals surface area contributed by atoms with Crippen LogP contribution in [0.25, 0.3) is 11.3 Å². The Labute approximate surface area is 175 Å². The van der Waals surface area contributed by atoms with E-state index in [9.17, 15) is 13.2 Å². The molecule has 0 saturated carbocycles. The number of thiophene rings is 1. The molecule has 0 radical (unpaired) electrons. The van der Waals surface area contributed by atoms with Crippen LogP contribution in [0, 0.1) is 0 Å². The molecule has 3 heterocycles. The maximum absolute atomic E-state index is 12.4. The summed E-state index contributed by atoms with van der Waals surface area (Å²) in [5.74, 6) is 0.891. The summed E-state index contributed by atoms with van der Waals surface area (Å²) >= 11 is 2.37. The first-order valence-corrected chi connectivity index (χ1v) is 11.8. The number of aromatic nitrogens is 1. The highest BCUT2D eigenvalue weighted by Crippen LogP contribution is 2.35. The number of sulfonamides is 1. The molecule has 1 aromatic carbocycles. The highest BCUT2D eigenvalue weighted by Gasteiger charge is 2.24. The first-order valence-electron chi connectivity index (χ1n) is 8.59. The Bertz CT molecular complexity index is 1130. The number of carbonyl (C=O) groups is 1. The summed E-state index contributed by atoms with van der Waals surface area (Å²) in [6.45, 7) is 0.714. The zero-order valence-corrected chi connectivity index (χ0v) is 17.8. The molecular formula is C18H17N3O5S3. The minimum Gasteiger partial charge on any atom is -0.486 e. The summed E-state index contributed by atoms with van der Waals surface area (Å²) in [7, 11) is -2.31. The van der Waals surface area contributed by atoms with Crippen molar-refractivity contribution in [2.75, 3.05) is 32.1 Å². The van der Waals surface area contributed by atoms with Crippen LogP contribution in [0.1, 0.15) is 0 Å². The van der Waals surface area contributed by atoms with E-state index in [-0.39, 0.29) is 10.8 Å². The van der Waals surface area contributed by atoms with Crippen molar-refractivity contribution in [3.05, 3.63) is 41.1 Å². The molecule has 0 fully saturated rings. The quantitative estimate of drug-likeness (QED) is 0.619. The predicted molar refractivity (Wildman–Crippen MR) is 111 cm³/mol. The van der Waals surface area contributed by atoms with Gasteiger partial charge in [-0.25, -0.2) is 13.4 Å². The van der Waals surface area contributed by atoms with Gasteiger partial charge in [0.15, 0.2) is 16.6 Å². The highest BCUT2D eigenvalue weighted by molar-refractivity contribution is 7.91. The number of anilines is 1. The molecule has 0 atom stereocenters. The van der Waals surface area contributed by atoms with Gasteiger partial charge in [0.2, 0.25) is 5.91 Å². The van der Waals surface area contributed by atoms with E-state index in [1.807, 2.05) is 23.6 Å². The minimum atomic E-state index is -3.68. The first-order chi connectivity index (χ1) is 13.9. The fourth-order valence-corrected chi connectivity index (χ4v) is 5.74. The second-order valence-electron chi connectivity index (χ2n) is 6.14. The molecule has 1 N–H and O–H groups in total. The van der Waals surface area contributed by atoms with Gasteiger partial charge >= 0.3 is 0 Å². The molecule has 8 nitrogen and oxygen atoms in total. The molecule has 0 spiro atoms. The average molecular weight is 452 g/mol. The van der Waals surface area contributed by atoms with Gasteiger partial charge in [0.25, 0.3) is 10.0 Å². The molecule has 4 rings (SSSR count). The van der Waals surface area contributed by atoms with E-state index >= 15 is 0 Å². The van der Waals surface area contributed by atoms with Gasteiger partial charge in [0.05, 0.1) is 12.2 Å². The van der Waals surface area contributed by atoms with Crippen molar-refractivity contribution < 1.29 is 22.7 Å². The molecule has 0 unspecified atom stereocenters. The van der Waals surface area contributed by atoms with E-state index in [0.29, 0.717) is 35.5 Å². The number of hydrogen-bond donors (Lipinski definition) is 1. The molecular weight excluding hydrogens is 434 g/mol. The maximum Gasteiger partial charge on any atom is 0.252 e. The molecule has 11 heteroatoms. The SMILES string of the molecule is CN(CC(=O)Nc1nc(-c2ccc3c(c2)OCCO3)cs1)S(=O)(=O)c1cccs1. The van der Waals surface area contributed by atoms with E-state index in [1.165, 1.54) is 24.5 Å². The molecule has 2 aromatic heterocycles. The van der Waals surface area contributed by atoms with E-state index in [0.717, 1.165) is 21.2 Å². The van der Waals surface area contributed by atoms with Gasteiger partial charge in [-0.2, -0.15) is 4.31 Å². The van der Waals surface area contributed by atoms with Crippen molar-refractivity contribution >= 4 is 43.7 Å². The Morgan fingerprint density at radius 1 is 1.21 bits per heavy atom. The summed E-state index contributed by atoms with van der Waals surface area (Å²) in [5.41, 5.74) is 1.52. The lowest BCUT2D eigenvalue weighted by Crippen LogP contribution is -2.34. The standard InChI is InChI=1S/C18H17N3O5S3/c1-21(29(23,24)17-3-2-8-27-17)10-16(22)20-18-19-13(11-28-18)12-4-5-14-15(9-12)26-7-6-25-14/h2-5,8-9,11H,6-7,10H2,1H3,(H,19,20,22). The van der Waals surface area contributed by atoms with E-state index in [4.69, 9.17) is 9.47 Å². The van der Waals surface area contributed by atoms with Gasteiger partial charge in [-0.05, 0) is 29.6 Å². The Hall–Kier alpha value is -2.47. The molecule has 1 amide bonds. The van der Waals surface area contributed by atoms with Crippen LogP contribution < -0.4 is 14.8 Å². The van der Waals surface area contributed by atoms with Crippen molar-refractivity contribution in [1.82, 2.24) is 9.29 Å². The topological polar surface area (TPSA) is 97.8 Å². The van der Waals surface area contributed by atoms with Crippen LogP contribution in [0.15, 0.2) is 45.3 Å². The molecule has 1 aliphatic rings. The molecule has 0 aliphatic carbocycles. The van der Waals surface area contributed by atoms with Gasteiger partial charge in [0.1, 0.15) is 17.4 Å². The van der Waals surface area contributed by atoms with Gasteiger partial charge in [-0.15, -0.1) is 22.7 Å². The zero-order chi connectivity index (χ0) is 20.4. The van der Waals surface area contributed by atoms with E-state index < -0.39 is 15.9 Å². The third kappa shape index (κ3) is 4.27. The van der Waals surface area contributed by atoms with Gasteiger partial charge in [-0.1, -0.05) is 6.07 Å². The van der Waals surface area contributed by atoms with Crippen molar-refractivity contribution in [1.29, 1.82) is 0 Å². The van der Waals surface area contributed by atoms with Gasteiger partial charge in [-0.3, -0.25) is 4.79 Å². The zero-order valence-electron chi connectivity index (χ0n) is 15.3. The highest BCUT2D eigenvalue weighted by atomic mass is 32.2. The van der Waals surface area contributed by atoms with E-state index in [1.54, 1.807) is 11.4 Å².